The summed E-state index contributed by atoms with van der Waals surface area (Å²) >= 11 is 0. The number of nitrogens with zero attached hydrogens (tertiary/aromatic N) is 1. The molecule has 0 aromatic heterocycles. The predicted molar refractivity (Wildman–Crippen MR) is 116 cm³/mol. The number of hydrogen-bond donors (Lipinski definition) is 1. The van der Waals surface area contributed by atoms with Crippen molar-refractivity contribution >= 4 is 25.7 Å². The Morgan fingerprint density at radius 3 is 2.32 bits per heavy atom. The van der Waals surface area contributed by atoms with Gasteiger partial charge in [0.1, 0.15) is 5.82 Å². The molecule has 6 nitrogen and oxygen atoms in total. The second kappa shape index (κ2) is 8.07. The Labute approximate surface area is 181 Å². The van der Waals surface area contributed by atoms with E-state index < -0.39 is 25.9 Å². The molecule has 0 saturated heterocycles. The molecule has 1 N–H and O–H groups in total. The number of nitrogens with one attached hydrogen (secondary N) is 1. The van der Waals surface area contributed by atoms with Gasteiger partial charge in [0.2, 0.25) is 10.0 Å². The Kier molecular flexibility index (Phi) is 5.59. The van der Waals surface area contributed by atoms with Crippen LogP contribution in [0.1, 0.15) is 16.7 Å². The first-order chi connectivity index (χ1) is 14.7. The van der Waals surface area contributed by atoms with Crippen molar-refractivity contribution in [2.75, 3.05) is 11.3 Å². The van der Waals surface area contributed by atoms with Gasteiger partial charge in [-0.3, -0.25) is 4.72 Å². The molecule has 1 aliphatic rings. The number of halogens is 1. The Hall–Kier alpha value is -2.75. The van der Waals surface area contributed by atoms with Crippen LogP contribution in [-0.2, 0) is 33.0 Å². The lowest BCUT2D eigenvalue weighted by atomic mass is 10.0. The Morgan fingerprint density at radius 2 is 1.61 bits per heavy atom. The summed E-state index contributed by atoms with van der Waals surface area (Å²) in [7, 11) is -7.56. The molecule has 0 spiro atoms. The van der Waals surface area contributed by atoms with Gasteiger partial charge in [-0.1, -0.05) is 24.3 Å². The quantitative estimate of drug-likeness (QED) is 0.630. The van der Waals surface area contributed by atoms with Crippen LogP contribution in [0.3, 0.4) is 0 Å². The summed E-state index contributed by atoms with van der Waals surface area (Å²) in [5.41, 5.74) is 2.26. The SMILES string of the molecule is Cc1cc(S(=O)(=O)Nc2ccc3c(c2)CN(S(=O)(=O)c2ccccc2)CC3)ccc1F. The monoisotopic (exact) mass is 460 g/mol. The summed E-state index contributed by atoms with van der Waals surface area (Å²) in [6.07, 6.45) is 0.533. The number of aryl methyl sites for hydroxylation is 1. The van der Waals surface area contributed by atoms with E-state index in [4.69, 9.17) is 0 Å². The number of sulfonamides is 2. The van der Waals surface area contributed by atoms with E-state index in [0.29, 0.717) is 18.7 Å². The molecule has 0 bridgehead atoms. The van der Waals surface area contributed by atoms with Crippen molar-refractivity contribution in [3.63, 3.8) is 0 Å². The molecule has 162 valence electrons. The lowest BCUT2D eigenvalue weighted by Gasteiger charge is -2.28. The van der Waals surface area contributed by atoms with Crippen LogP contribution in [-0.4, -0.2) is 27.7 Å². The molecular weight excluding hydrogens is 439 g/mol. The normalized spacial score (nSPS) is 14.8. The van der Waals surface area contributed by atoms with E-state index in [-0.39, 0.29) is 21.9 Å². The van der Waals surface area contributed by atoms with Crippen molar-refractivity contribution in [1.29, 1.82) is 0 Å². The maximum Gasteiger partial charge on any atom is 0.261 e. The molecule has 4 rings (SSSR count). The standard InChI is InChI=1S/C22H21FN2O4S2/c1-16-13-21(9-10-22(16)23)30(26,27)24-19-8-7-17-11-12-25(15-18(17)14-19)31(28,29)20-5-3-2-4-6-20/h2-10,13-14,24H,11-12,15H2,1H3. The highest BCUT2D eigenvalue weighted by Crippen LogP contribution is 2.28. The Bertz CT molecular complexity index is 1340. The molecule has 0 radical (unpaired) electrons. The fraction of sp³-hybridized carbons (Fsp3) is 0.182. The van der Waals surface area contributed by atoms with Crippen molar-refractivity contribution in [1.82, 2.24) is 4.31 Å². The van der Waals surface area contributed by atoms with E-state index in [1.807, 2.05) is 0 Å². The average Bonchev–Trinajstić information content (AvgIpc) is 2.75. The Balaban J connectivity index is 1.59. The molecule has 0 amide bonds. The van der Waals surface area contributed by atoms with Crippen molar-refractivity contribution in [3.05, 3.63) is 89.2 Å². The van der Waals surface area contributed by atoms with Crippen LogP contribution < -0.4 is 4.72 Å². The van der Waals surface area contributed by atoms with Gasteiger partial charge in [-0.25, -0.2) is 21.2 Å². The van der Waals surface area contributed by atoms with Crippen molar-refractivity contribution in [3.8, 4) is 0 Å². The number of benzene rings is 3. The summed E-state index contributed by atoms with van der Waals surface area (Å²) in [5, 5.41) is 0. The second-order valence-electron chi connectivity index (χ2n) is 7.40. The summed E-state index contributed by atoms with van der Waals surface area (Å²) in [4.78, 5) is 0.180. The largest absolute Gasteiger partial charge is 0.280 e. The molecular formula is C22H21FN2O4S2. The van der Waals surface area contributed by atoms with E-state index in [1.54, 1.807) is 48.5 Å². The molecule has 0 unspecified atom stereocenters. The maximum absolute atomic E-state index is 13.5. The minimum absolute atomic E-state index is 0.0441. The fourth-order valence-corrected chi connectivity index (χ4v) is 6.11. The van der Waals surface area contributed by atoms with Crippen LogP contribution in [0.25, 0.3) is 0 Å². The molecule has 3 aromatic carbocycles. The molecule has 0 aliphatic carbocycles. The fourth-order valence-electron chi connectivity index (χ4n) is 3.54. The molecule has 31 heavy (non-hydrogen) atoms. The van der Waals surface area contributed by atoms with Crippen molar-refractivity contribution in [2.45, 2.75) is 29.7 Å². The van der Waals surface area contributed by atoms with Crippen molar-refractivity contribution in [2.24, 2.45) is 0 Å². The summed E-state index contributed by atoms with van der Waals surface area (Å²) < 4.78 is 68.7. The third-order valence-corrected chi connectivity index (χ3v) is 8.49. The zero-order chi connectivity index (χ0) is 22.2. The van der Waals surface area contributed by atoms with Gasteiger partial charge in [0.25, 0.3) is 10.0 Å². The third kappa shape index (κ3) is 4.34. The number of hydrogen-bond acceptors (Lipinski definition) is 4. The van der Waals surface area contributed by atoms with Crippen LogP contribution in [0, 0.1) is 12.7 Å². The van der Waals surface area contributed by atoms with Gasteiger partial charge < -0.3 is 0 Å². The highest BCUT2D eigenvalue weighted by Gasteiger charge is 2.28. The highest BCUT2D eigenvalue weighted by molar-refractivity contribution is 7.92. The second-order valence-corrected chi connectivity index (χ2v) is 11.0. The smallest absolute Gasteiger partial charge is 0.261 e. The van der Waals surface area contributed by atoms with E-state index in [1.165, 1.54) is 23.4 Å². The van der Waals surface area contributed by atoms with Gasteiger partial charge in [0, 0.05) is 18.8 Å². The number of fused-ring (bicyclic) bond motifs is 1. The van der Waals surface area contributed by atoms with Gasteiger partial charge in [-0.05, 0) is 72.5 Å². The van der Waals surface area contributed by atoms with Crippen LogP contribution >= 0.6 is 0 Å². The minimum Gasteiger partial charge on any atom is -0.280 e. The van der Waals surface area contributed by atoms with Crippen LogP contribution in [0.5, 0.6) is 0 Å². The zero-order valence-corrected chi connectivity index (χ0v) is 18.4. The maximum atomic E-state index is 13.5. The van der Waals surface area contributed by atoms with E-state index in [0.717, 1.165) is 17.2 Å². The van der Waals surface area contributed by atoms with Gasteiger partial charge in [-0.2, -0.15) is 4.31 Å². The highest BCUT2D eigenvalue weighted by atomic mass is 32.2. The molecule has 9 heteroatoms. The summed E-state index contributed by atoms with van der Waals surface area (Å²) in [6.45, 7) is 2.00. The van der Waals surface area contributed by atoms with E-state index in [9.17, 15) is 21.2 Å². The molecule has 1 aliphatic heterocycles. The van der Waals surface area contributed by atoms with Crippen LogP contribution in [0.4, 0.5) is 10.1 Å². The first kappa shape index (κ1) is 21.5. The van der Waals surface area contributed by atoms with Gasteiger partial charge >= 0.3 is 0 Å². The molecule has 0 atom stereocenters. The minimum atomic E-state index is -3.91. The average molecular weight is 461 g/mol. The molecule has 3 aromatic rings. The van der Waals surface area contributed by atoms with Crippen LogP contribution in [0.2, 0.25) is 0 Å². The number of anilines is 1. The Morgan fingerprint density at radius 1 is 0.871 bits per heavy atom. The molecule has 0 fully saturated rings. The third-order valence-electron chi connectivity index (χ3n) is 5.26. The summed E-state index contributed by atoms with van der Waals surface area (Å²) in [5.74, 6) is -0.479. The van der Waals surface area contributed by atoms with Gasteiger partial charge in [0.05, 0.1) is 9.79 Å². The lowest BCUT2D eigenvalue weighted by molar-refractivity contribution is 0.391. The lowest BCUT2D eigenvalue weighted by Crippen LogP contribution is -2.36. The topological polar surface area (TPSA) is 83.6 Å². The van der Waals surface area contributed by atoms with E-state index in [2.05, 4.69) is 4.72 Å². The van der Waals surface area contributed by atoms with E-state index >= 15 is 0 Å². The summed E-state index contributed by atoms with van der Waals surface area (Å²) in [6, 6.07) is 16.9. The van der Waals surface area contributed by atoms with Gasteiger partial charge in [0.15, 0.2) is 0 Å². The number of rotatable bonds is 5. The molecule has 0 saturated carbocycles. The van der Waals surface area contributed by atoms with Crippen LogP contribution in [0.15, 0.2) is 76.5 Å². The molecule has 1 heterocycles. The first-order valence-corrected chi connectivity index (χ1v) is 12.6. The van der Waals surface area contributed by atoms with Crippen molar-refractivity contribution < 1.29 is 21.2 Å². The predicted octanol–water partition coefficient (Wildman–Crippen LogP) is 3.68. The zero-order valence-electron chi connectivity index (χ0n) is 16.7. The van der Waals surface area contributed by atoms with Gasteiger partial charge in [-0.15, -0.1) is 0 Å². The first-order valence-electron chi connectivity index (χ1n) is 9.63.